The maximum absolute atomic E-state index is 11.7. The average Bonchev–Trinajstić information content (AvgIpc) is 3.45. The van der Waals surface area contributed by atoms with Gasteiger partial charge in [-0.3, -0.25) is 14.3 Å². The quantitative estimate of drug-likeness (QED) is 0.231. The Hall–Kier alpha value is -4.52. The molecule has 0 spiro atoms. The van der Waals surface area contributed by atoms with Gasteiger partial charge >= 0.3 is 0 Å². The maximum atomic E-state index is 11.7. The molecule has 39 heavy (non-hydrogen) atoms. The Bertz CT molecular complexity index is 1680. The number of carbonyl (C=O) groups is 1. The topological polar surface area (TPSA) is 157 Å². The van der Waals surface area contributed by atoms with Crippen LogP contribution in [0.25, 0.3) is 11.0 Å². The number of carbonyl (C=O) groups excluding carboxylic acids is 1. The number of benzene rings is 2. The predicted octanol–water partition coefficient (Wildman–Crippen LogP) is 4.89. The Morgan fingerprint density at radius 3 is 2.46 bits per heavy atom. The van der Waals surface area contributed by atoms with E-state index in [2.05, 4.69) is 25.8 Å². The standard InChI is InChI=1S/C20H16ClN5O3.C6H6O3S/c1-22-19(27)16-10-12(6-8-23-16)11-29-20-17-15(7-9-28-17)18(25-26-20)24-14-4-2-13(21)3-5-14;7-10(8,9)6-4-2-1-3-5-6/h2-10H,11H2,1H3,(H,22,27)(H,24,25);1-5H,(H,7,8,9). The second-order valence-corrected chi connectivity index (χ2v) is 9.71. The molecule has 13 heteroatoms. The number of nitrogens with one attached hydrogen (secondary N) is 2. The molecule has 3 aromatic heterocycles. The number of fused-ring (bicyclic) bond motifs is 1. The van der Waals surface area contributed by atoms with Gasteiger partial charge in [0.25, 0.3) is 21.9 Å². The summed E-state index contributed by atoms with van der Waals surface area (Å²) in [6, 6.07) is 19.9. The molecule has 0 atom stereocenters. The van der Waals surface area contributed by atoms with Crippen molar-refractivity contribution in [1.82, 2.24) is 20.5 Å². The van der Waals surface area contributed by atoms with Gasteiger partial charge in [0.1, 0.15) is 12.3 Å². The summed E-state index contributed by atoms with van der Waals surface area (Å²) in [7, 11) is -2.45. The van der Waals surface area contributed by atoms with Crippen molar-refractivity contribution < 1.29 is 26.9 Å². The molecule has 200 valence electrons. The number of nitrogens with zero attached hydrogens (tertiary/aromatic N) is 3. The zero-order chi connectivity index (χ0) is 27.8. The molecule has 5 rings (SSSR count). The molecule has 0 aliphatic rings. The van der Waals surface area contributed by atoms with Crippen LogP contribution in [0.5, 0.6) is 5.88 Å². The van der Waals surface area contributed by atoms with Crippen molar-refractivity contribution in [3.63, 3.8) is 0 Å². The molecule has 0 unspecified atom stereocenters. The minimum atomic E-state index is -4.00. The van der Waals surface area contributed by atoms with Gasteiger partial charge in [-0.1, -0.05) is 29.8 Å². The molecule has 0 saturated heterocycles. The van der Waals surface area contributed by atoms with Gasteiger partial charge in [0.05, 0.1) is 16.5 Å². The van der Waals surface area contributed by atoms with Crippen LogP contribution in [-0.2, 0) is 16.7 Å². The number of pyridine rings is 1. The van der Waals surface area contributed by atoms with Crippen LogP contribution >= 0.6 is 11.6 Å². The molecule has 3 heterocycles. The van der Waals surface area contributed by atoms with Crippen LogP contribution in [0.3, 0.4) is 0 Å². The Labute approximate surface area is 228 Å². The van der Waals surface area contributed by atoms with Crippen molar-refractivity contribution in [1.29, 1.82) is 0 Å². The zero-order valence-corrected chi connectivity index (χ0v) is 22.0. The highest BCUT2D eigenvalue weighted by atomic mass is 35.5. The molecular weight excluding hydrogens is 546 g/mol. The Morgan fingerprint density at radius 2 is 1.79 bits per heavy atom. The zero-order valence-electron chi connectivity index (χ0n) is 20.4. The molecule has 0 radical (unpaired) electrons. The van der Waals surface area contributed by atoms with E-state index >= 15 is 0 Å². The van der Waals surface area contributed by atoms with Crippen molar-refractivity contribution in [2.24, 2.45) is 0 Å². The van der Waals surface area contributed by atoms with E-state index in [9.17, 15) is 13.2 Å². The van der Waals surface area contributed by atoms with Gasteiger partial charge in [0, 0.05) is 24.0 Å². The predicted molar refractivity (Wildman–Crippen MR) is 145 cm³/mol. The lowest BCUT2D eigenvalue weighted by atomic mass is 10.2. The highest BCUT2D eigenvalue weighted by Crippen LogP contribution is 2.31. The maximum Gasteiger partial charge on any atom is 0.294 e. The number of hydrogen-bond acceptors (Lipinski definition) is 9. The number of rotatable bonds is 7. The fraction of sp³-hybridized carbons (Fsp3) is 0.0769. The number of hydrogen-bond donors (Lipinski definition) is 3. The molecule has 0 fully saturated rings. The van der Waals surface area contributed by atoms with Crippen LogP contribution in [0, 0.1) is 0 Å². The molecule has 2 aromatic carbocycles. The first kappa shape index (κ1) is 27.5. The first-order valence-corrected chi connectivity index (χ1v) is 13.1. The van der Waals surface area contributed by atoms with E-state index in [-0.39, 0.29) is 23.3 Å². The van der Waals surface area contributed by atoms with Gasteiger partial charge in [-0.2, -0.15) is 8.42 Å². The summed E-state index contributed by atoms with van der Waals surface area (Å²) in [5.41, 5.74) is 2.37. The largest absolute Gasteiger partial charge is 0.469 e. The van der Waals surface area contributed by atoms with Gasteiger partial charge in [-0.15, -0.1) is 10.2 Å². The van der Waals surface area contributed by atoms with E-state index in [0.29, 0.717) is 22.1 Å². The lowest BCUT2D eigenvalue weighted by Gasteiger charge is -2.09. The third kappa shape index (κ3) is 7.29. The number of halogens is 1. The Kier molecular flexibility index (Phi) is 8.71. The van der Waals surface area contributed by atoms with Crippen molar-refractivity contribution in [2.75, 3.05) is 12.4 Å². The minimum Gasteiger partial charge on any atom is -0.469 e. The number of aromatic nitrogens is 3. The number of ether oxygens (including phenoxy) is 1. The van der Waals surface area contributed by atoms with E-state index < -0.39 is 10.1 Å². The van der Waals surface area contributed by atoms with Crippen LogP contribution in [0.2, 0.25) is 5.02 Å². The average molecular weight is 568 g/mol. The molecule has 1 amide bonds. The second-order valence-electron chi connectivity index (χ2n) is 7.85. The summed E-state index contributed by atoms with van der Waals surface area (Å²) in [5, 5.41) is 15.4. The van der Waals surface area contributed by atoms with Gasteiger partial charge in [-0.05, 0) is 60.2 Å². The van der Waals surface area contributed by atoms with Gasteiger partial charge in [0.2, 0.25) is 5.58 Å². The van der Waals surface area contributed by atoms with Crippen LogP contribution < -0.4 is 15.4 Å². The van der Waals surface area contributed by atoms with Crippen molar-refractivity contribution in [2.45, 2.75) is 11.5 Å². The fourth-order valence-corrected chi connectivity index (χ4v) is 3.90. The lowest BCUT2D eigenvalue weighted by molar-refractivity contribution is 0.0958. The minimum absolute atomic E-state index is 0.0741. The first-order chi connectivity index (χ1) is 18.7. The highest BCUT2D eigenvalue weighted by molar-refractivity contribution is 7.85. The van der Waals surface area contributed by atoms with E-state index in [1.165, 1.54) is 12.1 Å². The summed E-state index contributed by atoms with van der Waals surface area (Å²) in [6.45, 7) is 0.182. The summed E-state index contributed by atoms with van der Waals surface area (Å²) >= 11 is 5.92. The van der Waals surface area contributed by atoms with E-state index in [1.807, 2.05) is 12.1 Å². The Morgan fingerprint density at radius 1 is 1.05 bits per heavy atom. The van der Waals surface area contributed by atoms with E-state index in [4.69, 9.17) is 25.3 Å². The van der Waals surface area contributed by atoms with Gasteiger partial charge in [0.15, 0.2) is 5.82 Å². The van der Waals surface area contributed by atoms with Crippen molar-refractivity contribution >= 4 is 50.1 Å². The van der Waals surface area contributed by atoms with Crippen LogP contribution in [0.1, 0.15) is 16.1 Å². The summed E-state index contributed by atoms with van der Waals surface area (Å²) in [5.74, 6) is 0.525. The van der Waals surface area contributed by atoms with Crippen molar-refractivity contribution in [3.8, 4) is 5.88 Å². The van der Waals surface area contributed by atoms with Crippen LogP contribution in [0.15, 0.2) is 94.6 Å². The first-order valence-electron chi connectivity index (χ1n) is 11.3. The highest BCUT2D eigenvalue weighted by Gasteiger charge is 2.15. The molecule has 0 bridgehead atoms. The van der Waals surface area contributed by atoms with Crippen molar-refractivity contribution in [3.05, 3.63) is 102 Å². The summed E-state index contributed by atoms with van der Waals surface area (Å²) in [4.78, 5) is 15.7. The number of anilines is 2. The second kappa shape index (κ2) is 12.3. The Balaban J connectivity index is 0.000000298. The smallest absolute Gasteiger partial charge is 0.294 e. The van der Waals surface area contributed by atoms with Crippen LogP contribution in [0.4, 0.5) is 11.5 Å². The normalized spacial score (nSPS) is 10.8. The van der Waals surface area contributed by atoms with Crippen LogP contribution in [-0.4, -0.2) is 41.1 Å². The molecule has 0 saturated carbocycles. The number of amides is 1. The van der Waals surface area contributed by atoms with Gasteiger partial charge in [-0.25, -0.2) is 0 Å². The molecule has 5 aromatic rings. The third-order valence-corrected chi connectivity index (χ3v) is 6.28. The lowest BCUT2D eigenvalue weighted by Crippen LogP contribution is -2.19. The molecular formula is C26H22ClN5O6S. The fourth-order valence-electron chi connectivity index (χ4n) is 3.27. The van der Waals surface area contributed by atoms with E-state index in [1.54, 1.807) is 68.0 Å². The van der Waals surface area contributed by atoms with Gasteiger partial charge < -0.3 is 19.8 Å². The summed E-state index contributed by atoms with van der Waals surface area (Å²) in [6.07, 6.45) is 3.10. The molecule has 0 aliphatic heterocycles. The SMILES string of the molecule is CNC(=O)c1cc(COc2nnc(Nc3ccc(Cl)cc3)c3ccoc23)ccn1.O=S(=O)(O)c1ccccc1. The summed E-state index contributed by atoms with van der Waals surface area (Å²) < 4.78 is 40.6. The molecule has 11 nitrogen and oxygen atoms in total. The monoisotopic (exact) mass is 567 g/mol. The van der Waals surface area contributed by atoms with E-state index in [0.717, 1.165) is 16.6 Å². The molecule has 3 N–H and O–H groups in total. The molecule has 0 aliphatic carbocycles. The number of furan rings is 1. The third-order valence-electron chi connectivity index (χ3n) is 5.16.